The van der Waals surface area contributed by atoms with Gasteiger partial charge in [-0.3, -0.25) is 9.63 Å². The predicted octanol–water partition coefficient (Wildman–Crippen LogP) is 7.41. The van der Waals surface area contributed by atoms with Gasteiger partial charge in [-0.15, -0.1) is 0 Å². The Kier molecular flexibility index (Phi) is 11.1. The van der Waals surface area contributed by atoms with Crippen molar-refractivity contribution in [3.05, 3.63) is 59.7 Å². The number of aliphatic carboxylic acids is 1. The Morgan fingerprint density at radius 3 is 1.98 bits per heavy atom. The average molecular weight is 553 g/mol. The first kappa shape index (κ1) is 29.7. The number of fused-ring (bicyclic) bond motifs is 1. The molecule has 0 saturated carbocycles. The van der Waals surface area contributed by atoms with E-state index in [9.17, 15) is 9.90 Å². The van der Waals surface area contributed by atoms with Crippen LogP contribution in [0.3, 0.4) is 0 Å². The van der Waals surface area contributed by atoms with Crippen LogP contribution in [0, 0.1) is 0 Å². The number of rotatable bonds is 18. The number of amidine groups is 1. The van der Waals surface area contributed by atoms with E-state index in [4.69, 9.17) is 19.1 Å². The molecule has 8 heteroatoms. The highest BCUT2D eigenvalue weighted by Gasteiger charge is 2.57. The highest BCUT2D eigenvalue weighted by molar-refractivity contribution is 5.99. The number of carboxylic acids is 1. The van der Waals surface area contributed by atoms with Gasteiger partial charge >= 0.3 is 5.97 Å². The van der Waals surface area contributed by atoms with Crippen molar-refractivity contribution in [2.45, 2.75) is 103 Å². The molecular weight excluding hydrogens is 508 g/mol. The lowest BCUT2D eigenvalue weighted by atomic mass is 9.95. The van der Waals surface area contributed by atoms with Gasteiger partial charge in [0.1, 0.15) is 17.6 Å². The molecule has 8 nitrogen and oxygen atoms in total. The van der Waals surface area contributed by atoms with Crippen molar-refractivity contribution in [1.82, 2.24) is 5.06 Å². The van der Waals surface area contributed by atoms with E-state index in [0.29, 0.717) is 25.5 Å². The summed E-state index contributed by atoms with van der Waals surface area (Å²) < 4.78 is 11.8. The van der Waals surface area contributed by atoms with Crippen LogP contribution in [0.4, 0.5) is 0 Å². The average Bonchev–Trinajstić information content (AvgIpc) is 3.49. The number of carbonyl (C=O) groups is 1. The van der Waals surface area contributed by atoms with Crippen molar-refractivity contribution < 1.29 is 29.0 Å². The van der Waals surface area contributed by atoms with Crippen LogP contribution >= 0.6 is 0 Å². The highest BCUT2D eigenvalue weighted by Crippen LogP contribution is 2.47. The van der Waals surface area contributed by atoms with Crippen molar-refractivity contribution in [2.75, 3.05) is 13.2 Å². The first-order chi connectivity index (χ1) is 19.6. The Hall–Kier alpha value is -3.26. The number of carboxylic acid groups (broad SMARTS) is 1. The van der Waals surface area contributed by atoms with E-state index in [1.807, 2.05) is 48.5 Å². The van der Waals surface area contributed by atoms with Crippen LogP contribution in [0.1, 0.15) is 102 Å². The number of hydrogen-bond donors (Lipinski definition) is 1. The molecule has 0 radical (unpaired) electrons. The van der Waals surface area contributed by atoms with E-state index < -0.39 is 17.8 Å². The topological polar surface area (TPSA) is 89.8 Å². The lowest BCUT2D eigenvalue weighted by Crippen LogP contribution is -2.40. The zero-order valence-corrected chi connectivity index (χ0v) is 24.0. The third kappa shape index (κ3) is 7.68. The maximum absolute atomic E-state index is 11.5. The second kappa shape index (κ2) is 14.9. The van der Waals surface area contributed by atoms with E-state index in [1.165, 1.54) is 51.4 Å². The molecule has 2 aliphatic rings. The molecule has 0 amide bonds. The molecule has 2 unspecified atom stereocenters. The van der Waals surface area contributed by atoms with Crippen LogP contribution in [0.2, 0.25) is 0 Å². The zero-order valence-electron chi connectivity index (χ0n) is 24.0. The van der Waals surface area contributed by atoms with E-state index in [1.54, 1.807) is 5.06 Å². The van der Waals surface area contributed by atoms with Crippen LogP contribution in [-0.2, 0) is 20.2 Å². The van der Waals surface area contributed by atoms with Crippen molar-refractivity contribution >= 4 is 11.8 Å². The van der Waals surface area contributed by atoms with Crippen molar-refractivity contribution in [3.63, 3.8) is 0 Å². The van der Waals surface area contributed by atoms with Gasteiger partial charge in [-0.25, -0.2) is 0 Å². The summed E-state index contributed by atoms with van der Waals surface area (Å²) in [5, 5.41) is 15.4. The van der Waals surface area contributed by atoms with Gasteiger partial charge in [-0.1, -0.05) is 70.4 Å². The summed E-state index contributed by atoms with van der Waals surface area (Å²) in [5.74, 6) is 1.19. The van der Waals surface area contributed by atoms with Gasteiger partial charge in [0.15, 0.2) is 0 Å². The molecule has 0 aromatic heterocycles. The number of unbranched alkanes of at least 4 members (excludes halogenated alkanes) is 8. The molecule has 0 spiro atoms. The minimum atomic E-state index is -1.04. The number of oxime groups is 1. The number of ether oxygens (including phenoxy) is 2. The predicted molar refractivity (Wildman–Crippen MR) is 154 cm³/mol. The Morgan fingerprint density at radius 2 is 1.43 bits per heavy atom. The quantitative estimate of drug-likeness (QED) is 0.193. The lowest BCUT2D eigenvalue weighted by molar-refractivity contribution is -0.200. The summed E-state index contributed by atoms with van der Waals surface area (Å²) in [5.41, 5.74) is 0.593. The van der Waals surface area contributed by atoms with Gasteiger partial charge in [-0.2, -0.15) is 5.06 Å². The van der Waals surface area contributed by atoms with Crippen molar-refractivity contribution in [2.24, 2.45) is 5.16 Å². The summed E-state index contributed by atoms with van der Waals surface area (Å²) in [7, 11) is 0. The van der Waals surface area contributed by atoms with E-state index in [2.05, 4.69) is 19.0 Å². The first-order valence-electron chi connectivity index (χ1n) is 15.0. The van der Waals surface area contributed by atoms with Crippen molar-refractivity contribution in [3.8, 4) is 11.5 Å². The van der Waals surface area contributed by atoms with Crippen LogP contribution in [0.25, 0.3) is 0 Å². The fraction of sp³-hybridized carbons (Fsp3) is 0.562. The zero-order chi connectivity index (χ0) is 28.2. The molecule has 2 atom stereocenters. The molecule has 1 saturated heterocycles. The van der Waals surface area contributed by atoms with Crippen molar-refractivity contribution in [1.29, 1.82) is 0 Å². The molecule has 40 heavy (non-hydrogen) atoms. The van der Waals surface area contributed by atoms with Gasteiger partial charge < -0.3 is 19.4 Å². The fourth-order valence-corrected chi connectivity index (χ4v) is 5.18. The maximum Gasteiger partial charge on any atom is 0.306 e. The number of nitrogens with zero attached hydrogens (tertiary/aromatic N) is 2. The summed E-state index contributed by atoms with van der Waals surface area (Å²) in [6, 6.07) is 15.4. The summed E-state index contributed by atoms with van der Waals surface area (Å²) in [6.45, 7) is 5.81. The Labute approximate surface area is 238 Å². The highest BCUT2D eigenvalue weighted by atomic mass is 16.8. The number of hydrogen-bond acceptors (Lipinski definition) is 7. The Balaban J connectivity index is 1.40. The Bertz CT molecular complexity index is 1090. The van der Waals surface area contributed by atoms with E-state index >= 15 is 0 Å². The van der Waals surface area contributed by atoms with Gasteiger partial charge in [-0.05, 0) is 61.4 Å². The smallest absolute Gasteiger partial charge is 0.306 e. The minimum absolute atomic E-state index is 0.126. The molecule has 4 rings (SSSR count). The fourth-order valence-electron chi connectivity index (χ4n) is 5.18. The summed E-state index contributed by atoms with van der Waals surface area (Å²) >= 11 is 0. The number of hydroxylamine groups is 2. The van der Waals surface area contributed by atoms with Crippen LogP contribution in [-0.4, -0.2) is 41.3 Å². The molecule has 2 aromatic carbocycles. The third-order valence-electron chi connectivity index (χ3n) is 7.42. The standard InChI is InChI=1S/C32H44N2O6/c1-3-5-7-9-11-21-37-27-17-13-25(14-18-27)31-33-40-32(24-29(23-30(35)36)39-34(31)32)26-15-19-28(20-16-26)38-22-12-10-8-6-4-2/h13-20,29H,3-12,21-24H2,1-2H3,(H,35,36). The van der Waals surface area contributed by atoms with Gasteiger partial charge in [0, 0.05) is 17.5 Å². The summed E-state index contributed by atoms with van der Waals surface area (Å²) in [4.78, 5) is 23.7. The van der Waals surface area contributed by atoms with Crippen LogP contribution in [0.5, 0.6) is 11.5 Å². The van der Waals surface area contributed by atoms with Crippen LogP contribution in [0.15, 0.2) is 53.7 Å². The molecule has 2 aliphatic heterocycles. The second-order valence-electron chi connectivity index (χ2n) is 10.7. The molecule has 2 heterocycles. The first-order valence-corrected chi connectivity index (χ1v) is 15.0. The monoisotopic (exact) mass is 552 g/mol. The third-order valence-corrected chi connectivity index (χ3v) is 7.42. The minimum Gasteiger partial charge on any atom is -0.494 e. The molecule has 0 aliphatic carbocycles. The lowest BCUT2D eigenvalue weighted by Gasteiger charge is -2.28. The van der Waals surface area contributed by atoms with Gasteiger partial charge in [0.05, 0.1) is 19.6 Å². The molecule has 218 valence electrons. The molecular formula is C32H44N2O6. The number of benzene rings is 2. The molecule has 1 fully saturated rings. The van der Waals surface area contributed by atoms with Gasteiger partial charge in [0.2, 0.25) is 5.84 Å². The normalized spacial score (nSPS) is 19.7. The SMILES string of the molecule is CCCCCCCOc1ccc(C2=NOC3(c4ccc(OCCCCCCC)cc4)CC(CC(=O)O)ON23)cc1. The molecule has 0 bridgehead atoms. The molecule has 2 aromatic rings. The largest absolute Gasteiger partial charge is 0.494 e. The van der Waals surface area contributed by atoms with Crippen LogP contribution < -0.4 is 9.47 Å². The van der Waals surface area contributed by atoms with Gasteiger partial charge in [0.25, 0.3) is 5.72 Å². The summed E-state index contributed by atoms with van der Waals surface area (Å²) in [6.07, 6.45) is 11.6. The van der Waals surface area contributed by atoms with E-state index in [-0.39, 0.29) is 6.42 Å². The second-order valence-corrected chi connectivity index (χ2v) is 10.7. The molecule has 1 N–H and O–H groups in total. The van der Waals surface area contributed by atoms with E-state index in [0.717, 1.165) is 35.5 Å². The Morgan fingerprint density at radius 1 is 0.875 bits per heavy atom. The maximum atomic E-state index is 11.5.